The van der Waals surface area contributed by atoms with E-state index in [1.165, 1.54) is 18.5 Å². The highest BCUT2D eigenvalue weighted by Crippen LogP contribution is 2.41. The van der Waals surface area contributed by atoms with Crippen molar-refractivity contribution in [3.63, 3.8) is 0 Å². The van der Waals surface area contributed by atoms with Crippen molar-refractivity contribution >= 4 is 152 Å². The number of rotatable bonds is 28. The number of aromatic nitrogens is 4. The Morgan fingerprint density at radius 1 is 0.374 bits per heavy atom. The molecule has 33 nitrogen and oxygen atoms in total. The third kappa shape index (κ3) is 42.9. The minimum Gasteiger partial charge on any atom is -0.461 e. The number of ketones is 2. The van der Waals surface area contributed by atoms with E-state index in [1.54, 1.807) is 40.1 Å². The van der Waals surface area contributed by atoms with Gasteiger partial charge in [-0.2, -0.15) is 0 Å². The van der Waals surface area contributed by atoms with Gasteiger partial charge in [0.05, 0.1) is 64.8 Å². The lowest BCUT2D eigenvalue weighted by Gasteiger charge is -2.40. The van der Waals surface area contributed by atoms with E-state index in [0.29, 0.717) is 110 Å². The lowest BCUT2D eigenvalue weighted by molar-refractivity contribution is -0.150. The molecule has 5 saturated heterocycles. The number of hydrogen-bond donors (Lipinski definition) is 10. The standard InChI is InChI=1S/C26H24Cl3N3O4.C20H29NO5.2C15H21NO3.C11H4Cl4N2O.C11H22N2O3.C8H7ClO2.H4N2/c27-19-8-4-7-18(22(19)28)24(35)23-25(29)31-20(14-30-23)32-11-9-26(16-33,10-12-32)13-21(34)36-15-17-5-2-1-3-6-17;1-19(2,3)26-18(24)21-11-9-20(15-22,10-12-21)13-17(23)25-14-16-7-5-4-6-8-16;2*17-12-15(6-8-16-9-7-15)10-14(18)19-11-13-4-2-1-3-5-13;12-6-3-1-2-5(8(6)14)10(18)9-11(15)17-7(13)4-16-9;1-10(2,3)16-9(15)13-6-4-11(12,8-14)5-7-13;9-8(10)11-6-7-4-2-1-3-5-7;1-2/h1-8,14,33H,9-13,15-16H2;4-8,22H,9-15H2,1-3H3;2*1-5,16-17H,6-12H2;1-4H;14H,4-8,12H2,1-3H3;1-5H,6H2;1-2H2/p+1. The number of benzene rings is 7. The van der Waals surface area contributed by atoms with Crippen molar-refractivity contribution in [2.45, 2.75) is 181 Å². The van der Waals surface area contributed by atoms with E-state index in [0.717, 1.165) is 79.7 Å². The Morgan fingerprint density at radius 2 is 0.660 bits per heavy atom. The van der Waals surface area contributed by atoms with Gasteiger partial charge in [-0.3, -0.25) is 40.5 Å². The number of aliphatic hydroxyl groups is 5. The van der Waals surface area contributed by atoms with Gasteiger partial charge in [0.25, 0.3) is 0 Å². The van der Waals surface area contributed by atoms with Crippen LogP contribution >= 0.6 is 92.8 Å². The van der Waals surface area contributed by atoms with E-state index in [2.05, 4.69) is 47.0 Å². The number of esters is 4. The molecule has 9 aromatic rings. The molecule has 7 heterocycles. The molecule has 41 heteroatoms. The van der Waals surface area contributed by atoms with Crippen LogP contribution in [0.15, 0.2) is 200 Å². The number of anilines is 1. The number of nitrogens with one attached hydrogen (secondary N) is 2. The lowest BCUT2D eigenvalue weighted by atomic mass is 9.76. The van der Waals surface area contributed by atoms with E-state index >= 15 is 0 Å². The summed E-state index contributed by atoms with van der Waals surface area (Å²) in [5, 5.41) is 55.4. The largest absolute Gasteiger partial charge is 1.00 e. The van der Waals surface area contributed by atoms with Crippen LogP contribution in [-0.2, 0) is 85.4 Å². The van der Waals surface area contributed by atoms with Crippen LogP contribution in [0.3, 0.4) is 0 Å². The zero-order valence-corrected chi connectivity index (χ0v) is 89.3. The maximum atomic E-state index is 12.9. The van der Waals surface area contributed by atoms with Crippen LogP contribution in [0.4, 0.5) is 20.2 Å². The van der Waals surface area contributed by atoms with Gasteiger partial charge in [0.2, 0.25) is 11.6 Å². The summed E-state index contributed by atoms with van der Waals surface area (Å²) in [6.45, 7) is 18.6. The zero-order valence-electron chi connectivity index (χ0n) is 84.2. The number of aliphatic hydroxyl groups excluding tert-OH is 5. The van der Waals surface area contributed by atoms with Crippen LogP contribution < -0.4 is 33.0 Å². The molecule has 2 amide bonds. The minimum absolute atomic E-state index is 0. The average Bonchev–Trinajstić information content (AvgIpc) is 0.818. The fourth-order valence-corrected chi connectivity index (χ4v) is 17.1. The molecule has 14 rings (SSSR count). The second kappa shape index (κ2) is 62.3. The zero-order chi connectivity index (χ0) is 108. The Morgan fingerprint density at radius 3 is 0.946 bits per heavy atom. The Bertz CT molecular complexity index is 5530. The summed E-state index contributed by atoms with van der Waals surface area (Å²) < 4.78 is 36.5. The number of likely N-dealkylation sites (tertiary alicyclic amines) is 2. The minimum atomic E-state index is -0.770. The Labute approximate surface area is 899 Å². The first kappa shape index (κ1) is 124. The van der Waals surface area contributed by atoms with E-state index in [4.69, 9.17) is 132 Å². The van der Waals surface area contributed by atoms with Crippen LogP contribution in [0.1, 0.15) is 193 Å². The van der Waals surface area contributed by atoms with Crippen LogP contribution in [0.5, 0.6) is 0 Å². The molecule has 0 atom stereocenters. The molecule has 0 aliphatic carbocycles. The second-order valence-corrected chi connectivity index (χ2v) is 40.9. The highest BCUT2D eigenvalue weighted by atomic mass is 35.5. The quantitative estimate of drug-likeness (QED) is 0.00544. The number of halogens is 8. The highest BCUT2D eigenvalue weighted by molar-refractivity contribution is 6.61. The van der Waals surface area contributed by atoms with Gasteiger partial charge in [-0.15, -0.1) is 0 Å². The summed E-state index contributed by atoms with van der Waals surface area (Å²) in [4.78, 5) is 129. The first-order valence-electron chi connectivity index (χ1n) is 47.7. The van der Waals surface area contributed by atoms with Crippen LogP contribution in [0, 0.1) is 21.7 Å². The number of piperidine rings is 5. The van der Waals surface area contributed by atoms with E-state index in [-0.39, 0.29) is 172 Å². The molecule has 2 aromatic heterocycles. The number of hydrazine groups is 1. The third-order valence-electron chi connectivity index (χ3n) is 24.5. The molecule has 5 fully saturated rings. The van der Waals surface area contributed by atoms with Gasteiger partial charge < -0.3 is 89.8 Å². The molecule has 0 unspecified atom stereocenters. The normalized spacial score (nSPS) is 15.5. The number of hydrogen-bond acceptors (Lipinski definition) is 31. The Balaban J connectivity index is 0.000000270. The summed E-state index contributed by atoms with van der Waals surface area (Å²) in [6.07, 6.45) is 9.68. The number of nitrogens with two attached hydrogens (primary N) is 3. The molecule has 0 radical (unpaired) electrons. The van der Waals surface area contributed by atoms with Gasteiger partial charge in [0, 0.05) is 116 Å². The van der Waals surface area contributed by atoms with Gasteiger partial charge >= 0.3 is 42.9 Å². The van der Waals surface area contributed by atoms with Gasteiger partial charge in [-0.05, 0) is 184 Å². The maximum absolute atomic E-state index is 12.9. The number of ether oxygens (including phenoxy) is 7. The summed E-state index contributed by atoms with van der Waals surface area (Å²) >= 11 is 46.7. The van der Waals surface area contributed by atoms with Crippen molar-refractivity contribution < 1.29 is 103 Å². The number of carbonyl (C=O) groups is 9. The van der Waals surface area contributed by atoms with E-state index in [1.807, 2.05) is 198 Å². The smallest absolute Gasteiger partial charge is 0.461 e. The fourth-order valence-electron chi connectivity index (χ4n) is 15.7. The predicted octanol–water partition coefficient (Wildman–Crippen LogP) is 18.0. The van der Waals surface area contributed by atoms with Crippen molar-refractivity contribution in [1.82, 2.24) is 40.4 Å². The van der Waals surface area contributed by atoms with E-state index in [9.17, 15) is 63.6 Å². The molecule has 147 heavy (non-hydrogen) atoms. The fraction of sp³-hybridized carbons (Fsp3) is 0.443. The Kier molecular flexibility index (Phi) is 52.4. The van der Waals surface area contributed by atoms with Crippen molar-refractivity contribution in [3.8, 4) is 0 Å². The predicted molar refractivity (Wildman–Crippen MR) is 566 cm³/mol. The Hall–Kier alpha value is -10.4. The third-order valence-corrected chi connectivity index (χ3v) is 27.0. The summed E-state index contributed by atoms with van der Waals surface area (Å²) in [5.74, 6) is 6.46. The van der Waals surface area contributed by atoms with Gasteiger partial charge in [-0.1, -0.05) is 245 Å². The molecule has 7 aromatic carbocycles. The molecular formula is C106H133Cl8N12O21+. The molecule has 5 aliphatic heterocycles. The van der Waals surface area contributed by atoms with E-state index < -0.39 is 44.6 Å². The number of carbonyl (C=O) groups excluding carboxylic acids is 9. The molecule has 5 aliphatic rings. The molecule has 13 N–H and O–H groups in total. The second-order valence-electron chi connectivity index (χ2n) is 37.9. The molecule has 0 saturated carbocycles. The highest BCUT2D eigenvalue weighted by Gasteiger charge is 2.42. The molecule has 0 spiro atoms. The first-order valence-corrected chi connectivity index (χ1v) is 50.7. The summed E-state index contributed by atoms with van der Waals surface area (Å²) in [6, 6.07) is 57.1. The maximum Gasteiger partial charge on any atom is 1.00 e. The lowest BCUT2D eigenvalue weighted by Crippen LogP contribution is -2.54. The van der Waals surface area contributed by atoms with Gasteiger partial charge in [0.1, 0.15) is 66.6 Å². The van der Waals surface area contributed by atoms with Crippen molar-refractivity contribution in [3.05, 3.63) is 286 Å². The SMILES string of the molecule is CC(C)(C)OC(=O)N1CCC(CO)(CC(=O)OCc2ccccc2)CC1.CC(C)(C)OC(=O)N1CCC(N)(CO)CC1.NN.O=C(CC1(CO)CCN(c2cnc(C(=O)c3cccc(Cl)c3Cl)c(Cl)n2)CC1)OCc1ccccc1.O=C(CC1(CO)CCNCC1)OCc1ccccc1.O=C(CC1(CO)CCNCC1)OCc1ccccc1.O=C(Cl)OCc1ccccc1.O=C(c1cccc(Cl)c1Cl)c1ncc(Cl)nc1Cl.[H+]. The summed E-state index contributed by atoms with van der Waals surface area (Å²) in [5.41, 5.74) is 7.03. The monoisotopic (exact) mass is 2190 g/mol. The van der Waals surface area contributed by atoms with Crippen LogP contribution in [0.2, 0.25) is 35.5 Å². The first-order chi connectivity index (χ1) is 70.1. The van der Waals surface area contributed by atoms with Gasteiger partial charge in [0.15, 0.2) is 10.3 Å². The van der Waals surface area contributed by atoms with Gasteiger partial charge in [-0.25, -0.2) is 34.3 Å². The number of amides is 2. The number of nitrogens with zero attached hydrogens (tertiary/aromatic N) is 7. The van der Waals surface area contributed by atoms with Crippen molar-refractivity contribution in [2.24, 2.45) is 39.1 Å². The molecule has 0 bridgehead atoms. The topological polar surface area (TPSA) is 483 Å². The van der Waals surface area contributed by atoms with Crippen LogP contribution in [0.25, 0.3) is 0 Å². The van der Waals surface area contributed by atoms with Crippen molar-refractivity contribution in [1.29, 1.82) is 0 Å². The molecular weight excluding hydrogens is 2060 g/mol. The average molecular weight is 2190 g/mol. The summed E-state index contributed by atoms with van der Waals surface area (Å²) in [7, 11) is 0. The van der Waals surface area contributed by atoms with Crippen LogP contribution in [-0.4, -0.2) is 224 Å². The van der Waals surface area contributed by atoms with Crippen molar-refractivity contribution in [2.75, 3.05) is 103 Å². The molecule has 798 valence electrons.